The molecule has 4 nitrogen and oxygen atoms in total. The van der Waals surface area contributed by atoms with Crippen molar-refractivity contribution in [3.05, 3.63) is 35.3 Å². The Kier molecular flexibility index (Phi) is 3.25. The molecule has 5 heteroatoms. The normalized spacial score (nSPS) is 15.3. The molecule has 0 bridgehead atoms. The highest BCUT2D eigenvalue weighted by Gasteiger charge is 2.19. The van der Waals surface area contributed by atoms with Crippen molar-refractivity contribution in [2.45, 2.75) is 6.92 Å². The molecule has 2 aromatic rings. The van der Waals surface area contributed by atoms with E-state index >= 15 is 0 Å². The Balaban J connectivity index is 2.28. The quantitative estimate of drug-likeness (QED) is 0.860. The van der Waals surface area contributed by atoms with Gasteiger partial charge in [0.05, 0.1) is 16.8 Å². The van der Waals surface area contributed by atoms with Gasteiger partial charge < -0.3 is 10.2 Å². The number of piperazine rings is 1. The van der Waals surface area contributed by atoms with Gasteiger partial charge in [-0.15, -0.1) is 0 Å². The van der Waals surface area contributed by atoms with Crippen molar-refractivity contribution in [1.82, 2.24) is 10.3 Å². The zero-order valence-electron chi connectivity index (χ0n) is 11.3. The summed E-state index contributed by atoms with van der Waals surface area (Å²) in [4.78, 5) is 6.45. The van der Waals surface area contributed by atoms with E-state index < -0.39 is 0 Å². The van der Waals surface area contributed by atoms with E-state index in [2.05, 4.69) is 21.3 Å². The molecule has 1 aromatic heterocycles. The summed E-state index contributed by atoms with van der Waals surface area (Å²) in [5.74, 6) is -0.289. The predicted molar refractivity (Wildman–Crippen MR) is 76.2 cm³/mol. The first-order chi connectivity index (χ1) is 9.70. The van der Waals surface area contributed by atoms with Crippen LogP contribution in [-0.4, -0.2) is 31.2 Å². The second kappa shape index (κ2) is 5.06. The van der Waals surface area contributed by atoms with Crippen LogP contribution in [0.2, 0.25) is 0 Å². The molecule has 20 heavy (non-hydrogen) atoms. The molecule has 1 fully saturated rings. The number of nitrogens with one attached hydrogen (secondary N) is 1. The third-order valence-electron chi connectivity index (χ3n) is 3.65. The molecule has 1 saturated heterocycles. The maximum Gasteiger partial charge on any atom is 0.124 e. The van der Waals surface area contributed by atoms with Gasteiger partial charge in [0.25, 0.3) is 0 Å². The van der Waals surface area contributed by atoms with Gasteiger partial charge in [-0.3, -0.25) is 4.98 Å². The van der Waals surface area contributed by atoms with Crippen LogP contribution in [-0.2, 0) is 0 Å². The lowest BCUT2D eigenvalue weighted by Gasteiger charge is -2.31. The summed E-state index contributed by atoms with van der Waals surface area (Å²) in [7, 11) is 0. The maximum absolute atomic E-state index is 13.7. The fourth-order valence-electron chi connectivity index (χ4n) is 2.73. The molecular formula is C15H15FN4. The second-order valence-electron chi connectivity index (χ2n) is 4.99. The predicted octanol–water partition coefficient (Wildman–Crippen LogP) is 1.96. The van der Waals surface area contributed by atoms with Gasteiger partial charge in [0.15, 0.2) is 0 Å². The van der Waals surface area contributed by atoms with E-state index in [4.69, 9.17) is 0 Å². The standard InChI is InChI=1S/C15H15FN4/c1-10-6-12(16)7-13-14(10)19-9-11(8-17)15(13)20-4-2-18-3-5-20/h6-7,9,18H,2-5H2,1H3. The minimum atomic E-state index is -0.289. The van der Waals surface area contributed by atoms with Crippen LogP contribution in [0.25, 0.3) is 10.9 Å². The van der Waals surface area contributed by atoms with Gasteiger partial charge in [-0.25, -0.2) is 4.39 Å². The van der Waals surface area contributed by atoms with E-state index in [-0.39, 0.29) is 5.82 Å². The molecule has 0 aliphatic carbocycles. The monoisotopic (exact) mass is 270 g/mol. The fraction of sp³-hybridized carbons (Fsp3) is 0.333. The molecule has 102 valence electrons. The van der Waals surface area contributed by atoms with Crippen molar-refractivity contribution in [2.24, 2.45) is 0 Å². The minimum Gasteiger partial charge on any atom is -0.367 e. The highest BCUT2D eigenvalue weighted by molar-refractivity contribution is 5.96. The number of aromatic nitrogens is 1. The summed E-state index contributed by atoms with van der Waals surface area (Å²) in [6.07, 6.45) is 1.59. The maximum atomic E-state index is 13.7. The van der Waals surface area contributed by atoms with Gasteiger partial charge >= 0.3 is 0 Å². The number of hydrogen-bond acceptors (Lipinski definition) is 4. The fourth-order valence-corrected chi connectivity index (χ4v) is 2.73. The second-order valence-corrected chi connectivity index (χ2v) is 4.99. The van der Waals surface area contributed by atoms with Crippen LogP contribution in [0, 0.1) is 24.1 Å². The molecule has 0 spiro atoms. The van der Waals surface area contributed by atoms with E-state index in [1.165, 1.54) is 12.1 Å². The van der Waals surface area contributed by atoms with Crippen molar-refractivity contribution in [1.29, 1.82) is 5.26 Å². The zero-order valence-corrected chi connectivity index (χ0v) is 11.3. The number of aryl methyl sites for hydroxylation is 1. The molecular weight excluding hydrogens is 255 g/mol. The zero-order chi connectivity index (χ0) is 14.1. The first kappa shape index (κ1) is 12.8. The third kappa shape index (κ3) is 2.08. The lowest BCUT2D eigenvalue weighted by molar-refractivity contribution is 0.589. The number of hydrogen-bond donors (Lipinski definition) is 1. The summed E-state index contributed by atoms with van der Waals surface area (Å²) < 4.78 is 13.7. The Hall–Kier alpha value is -2.19. The van der Waals surface area contributed by atoms with E-state index in [9.17, 15) is 9.65 Å². The number of anilines is 1. The molecule has 1 aromatic carbocycles. The summed E-state index contributed by atoms with van der Waals surface area (Å²) in [6.45, 7) is 5.19. The SMILES string of the molecule is Cc1cc(F)cc2c(N3CCNCC3)c(C#N)cnc12. The Bertz CT molecular complexity index is 699. The minimum absolute atomic E-state index is 0.289. The number of nitrogens with zero attached hydrogens (tertiary/aromatic N) is 3. The highest BCUT2D eigenvalue weighted by Crippen LogP contribution is 2.31. The summed E-state index contributed by atoms with van der Waals surface area (Å²) >= 11 is 0. The smallest absolute Gasteiger partial charge is 0.124 e. The lowest BCUT2D eigenvalue weighted by Crippen LogP contribution is -2.44. The average molecular weight is 270 g/mol. The number of pyridine rings is 1. The van der Waals surface area contributed by atoms with Crippen LogP contribution in [0.3, 0.4) is 0 Å². The molecule has 0 atom stereocenters. The van der Waals surface area contributed by atoms with Gasteiger partial charge in [0.1, 0.15) is 11.9 Å². The number of benzene rings is 1. The van der Waals surface area contributed by atoms with E-state index in [1.807, 2.05) is 6.92 Å². The number of rotatable bonds is 1. The van der Waals surface area contributed by atoms with Gasteiger partial charge in [-0.05, 0) is 24.6 Å². The lowest BCUT2D eigenvalue weighted by atomic mass is 10.0. The molecule has 3 rings (SSSR count). The first-order valence-electron chi connectivity index (χ1n) is 6.65. The van der Waals surface area contributed by atoms with Gasteiger partial charge in [-0.1, -0.05) is 0 Å². The van der Waals surface area contributed by atoms with Gasteiger partial charge in [-0.2, -0.15) is 5.26 Å². The Morgan fingerprint density at radius 1 is 1.35 bits per heavy atom. The highest BCUT2D eigenvalue weighted by atomic mass is 19.1. The van der Waals surface area contributed by atoms with Gasteiger partial charge in [0, 0.05) is 37.8 Å². The van der Waals surface area contributed by atoms with Gasteiger partial charge in [0.2, 0.25) is 0 Å². The average Bonchev–Trinajstić information content (AvgIpc) is 2.46. The summed E-state index contributed by atoms with van der Waals surface area (Å²) in [5, 5.41) is 13.3. The van der Waals surface area contributed by atoms with Crippen molar-refractivity contribution < 1.29 is 4.39 Å². The number of fused-ring (bicyclic) bond motifs is 1. The van der Waals surface area contributed by atoms with E-state index in [0.717, 1.165) is 48.3 Å². The molecule has 0 radical (unpaired) electrons. The molecule has 1 aliphatic heterocycles. The first-order valence-corrected chi connectivity index (χ1v) is 6.65. The van der Waals surface area contributed by atoms with Crippen molar-refractivity contribution in [3.8, 4) is 6.07 Å². The van der Waals surface area contributed by atoms with Crippen molar-refractivity contribution in [3.63, 3.8) is 0 Å². The number of halogens is 1. The van der Waals surface area contributed by atoms with Crippen molar-refractivity contribution in [2.75, 3.05) is 31.1 Å². The third-order valence-corrected chi connectivity index (χ3v) is 3.65. The molecule has 0 saturated carbocycles. The van der Waals surface area contributed by atoms with Crippen LogP contribution in [0.5, 0.6) is 0 Å². The molecule has 0 unspecified atom stereocenters. The van der Waals surface area contributed by atoms with E-state index in [1.54, 1.807) is 6.20 Å². The Labute approximate surface area is 116 Å². The van der Waals surface area contributed by atoms with Crippen LogP contribution >= 0.6 is 0 Å². The largest absolute Gasteiger partial charge is 0.367 e. The summed E-state index contributed by atoms with van der Waals surface area (Å²) in [5.41, 5.74) is 2.87. The van der Waals surface area contributed by atoms with Crippen LogP contribution in [0.15, 0.2) is 18.3 Å². The van der Waals surface area contributed by atoms with Crippen LogP contribution < -0.4 is 10.2 Å². The number of nitriles is 1. The topological polar surface area (TPSA) is 52.0 Å². The molecule has 1 aliphatic rings. The summed E-state index contributed by atoms with van der Waals surface area (Å²) in [6, 6.07) is 5.13. The Morgan fingerprint density at radius 2 is 2.10 bits per heavy atom. The molecule has 0 amide bonds. The van der Waals surface area contributed by atoms with Crippen LogP contribution in [0.4, 0.5) is 10.1 Å². The molecule has 1 N–H and O–H groups in total. The van der Waals surface area contributed by atoms with Crippen molar-refractivity contribution >= 4 is 16.6 Å². The van der Waals surface area contributed by atoms with Crippen LogP contribution in [0.1, 0.15) is 11.1 Å². The molecule has 2 heterocycles. The van der Waals surface area contributed by atoms with E-state index in [0.29, 0.717) is 5.56 Å². The Morgan fingerprint density at radius 3 is 2.80 bits per heavy atom.